The van der Waals surface area contributed by atoms with Crippen LogP contribution in [0.25, 0.3) is 33.2 Å². The molecule has 2 fully saturated rings. The van der Waals surface area contributed by atoms with Crippen LogP contribution in [0.5, 0.6) is 5.75 Å². The van der Waals surface area contributed by atoms with E-state index >= 15 is 0 Å². The number of nitrogens with zero attached hydrogens (tertiary/aromatic N) is 7. The predicted octanol–water partition coefficient (Wildman–Crippen LogP) is 3.84. The minimum Gasteiger partial charge on any atom is -0.495 e. The summed E-state index contributed by atoms with van der Waals surface area (Å²) in [6, 6.07) is 16.1. The largest absolute Gasteiger partial charge is 0.495 e. The summed E-state index contributed by atoms with van der Waals surface area (Å²) >= 11 is 0. The number of ether oxygens (including phenoxy) is 1. The number of nitrogen functional groups attached to an aromatic ring is 1. The number of nitrogens with two attached hydrogens (primary N) is 2. The smallest absolute Gasteiger partial charge is 0.272 e. The van der Waals surface area contributed by atoms with Crippen LogP contribution in [0.15, 0.2) is 54.9 Å². The van der Waals surface area contributed by atoms with Crippen molar-refractivity contribution in [3.8, 4) is 17.0 Å². The zero-order valence-corrected chi connectivity index (χ0v) is 26.0. The second kappa shape index (κ2) is 11.8. The maximum Gasteiger partial charge on any atom is 0.272 e. The Morgan fingerprint density at radius 2 is 1.78 bits per heavy atom. The van der Waals surface area contributed by atoms with Crippen LogP contribution in [0, 0.1) is 0 Å². The molecule has 0 spiro atoms. The quantitative estimate of drug-likeness (QED) is 0.262. The number of para-hydroxylation sites is 1. The van der Waals surface area contributed by atoms with E-state index in [-0.39, 0.29) is 18.1 Å². The van der Waals surface area contributed by atoms with E-state index in [2.05, 4.69) is 32.1 Å². The number of nitrogens with one attached hydrogen (secondary N) is 1. The van der Waals surface area contributed by atoms with E-state index in [0.29, 0.717) is 34.7 Å². The molecule has 12 heteroatoms. The van der Waals surface area contributed by atoms with E-state index in [1.807, 2.05) is 64.8 Å². The first-order chi connectivity index (χ1) is 21.8. The molecule has 7 rings (SSSR count). The van der Waals surface area contributed by atoms with Gasteiger partial charge in [0.25, 0.3) is 5.91 Å². The van der Waals surface area contributed by atoms with Gasteiger partial charge in [0, 0.05) is 49.2 Å². The van der Waals surface area contributed by atoms with Crippen molar-refractivity contribution in [1.82, 2.24) is 34.1 Å². The second-order valence-electron chi connectivity index (χ2n) is 12.3. The minimum absolute atomic E-state index is 0.0739. The number of carbonyl (C=O) groups is 1. The van der Waals surface area contributed by atoms with Crippen molar-refractivity contribution in [2.45, 2.75) is 43.9 Å². The summed E-state index contributed by atoms with van der Waals surface area (Å²) in [6.45, 7) is 2.95. The fourth-order valence-electron chi connectivity index (χ4n) is 7.14. The molecule has 1 saturated heterocycles. The van der Waals surface area contributed by atoms with Gasteiger partial charge in [-0.25, -0.2) is 14.6 Å². The van der Waals surface area contributed by atoms with E-state index in [1.54, 1.807) is 7.11 Å². The van der Waals surface area contributed by atoms with Gasteiger partial charge >= 0.3 is 0 Å². The van der Waals surface area contributed by atoms with Crippen LogP contribution < -0.4 is 21.5 Å². The van der Waals surface area contributed by atoms with Crippen molar-refractivity contribution >= 4 is 39.3 Å². The van der Waals surface area contributed by atoms with Gasteiger partial charge < -0.3 is 31.0 Å². The number of fused-ring (bicyclic) bond motifs is 2. The third kappa shape index (κ3) is 5.28. The van der Waals surface area contributed by atoms with E-state index in [9.17, 15) is 4.79 Å². The molecule has 3 aromatic heterocycles. The molecule has 1 saturated carbocycles. The van der Waals surface area contributed by atoms with Crippen LogP contribution >= 0.6 is 0 Å². The van der Waals surface area contributed by atoms with E-state index in [1.165, 1.54) is 6.33 Å². The Balaban J connectivity index is 1.15. The Hall–Kier alpha value is -4.52. The molecule has 12 nitrogen and oxygen atoms in total. The molecule has 1 aliphatic carbocycles. The van der Waals surface area contributed by atoms with Crippen molar-refractivity contribution in [2.24, 2.45) is 12.8 Å². The number of benzene rings is 2. The predicted molar refractivity (Wildman–Crippen MR) is 176 cm³/mol. The number of hydrogen-bond acceptors (Lipinski definition) is 9. The fraction of sp³-hybridized carbons (Fsp3) is 0.394. The lowest BCUT2D eigenvalue weighted by Gasteiger charge is -2.44. The van der Waals surface area contributed by atoms with E-state index in [0.717, 1.165) is 72.8 Å². The first-order valence-corrected chi connectivity index (χ1v) is 15.5. The molecule has 1 unspecified atom stereocenters. The Bertz CT molecular complexity index is 1870. The van der Waals surface area contributed by atoms with Gasteiger partial charge in [0.05, 0.1) is 30.4 Å². The van der Waals surface area contributed by atoms with Gasteiger partial charge in [-0.15, -0.1) is 0 Å². The average molecular weight is 609 g/mol. The van der Waals surface area contributed by atoms with Crippen molar-refractivity contribution in [1.29, 1.82) is 0 Å². The molecular formula is C33H40N10O2. The van der Waals surface area contributed by atoms with Crippen LogP contribution in [0.3, 0.4) is 0 Å². The summed E-state index contributed by atoms with van der Waals surface area (Å²) in [6.07, 6.45) is 5.64. The number of hydrogen-bond donors (Lipinski definition) is 3. The normalized spacial score (nSPS) is 21.4. The van der Waals surface area contributed by atoms with Gasteiger partial charge in [-0.1, -0.05) is 24.3 Å². The number of methoxy groups -OCH3 is 1. The topological polar surface area (TPSA) is 145 Å². The van der Waals surface area contributed by atoms with Crippen LogP contribution in [-0.4, -0.2) is 86.0 Å². The summed E-state index contributed by atoms with van der Waals surface area (Å²) in [4.78, 5) is 27.0. The summed E-state index contributed by atoms with van der Waals surface area (Å²) in [5.41, 5.74) is 17.3. The lowest BCUT2D eigenvalue weighted by Crippen LogP contribution is -2.59. The Labute approximate surface area is 261 Å². The summed E-state index contributed by atoms with van der Waals surface area (Å²) < 4.78 is 9.67. The Morgan fingerprint density at radius 3 is 2.53 bits per heavy atom. The highest BCUT2D eigenvalue weighted by Crippen LogP contribution is 2.39. The number of aryl methyl sites for hydroxylation is 1. The lowest BCUT2D eigenvalue weighted by molar-refractivity contribution is 0.0338. The van der Waals surface area contributed by atoms with Gasteiger partial charge in [-0.3, -0.25) is 9.69 Å². The van der Waals surface area contributed by atoms with Gasteiger partial charge in [0.2, 0.25) is 0 Å². The monoisotopic (exact) mass is 608 g/mol. The van der Waals surface area contributed by atoms with Crippen LogP contribution in [0.1, 0.15) is 42.2 Å². The highest BCUT2D eigenvalue weighted by atomic mass is 16.5. The van der Waals surface area contributed by atoms with Crippen LogP contribution in [-0.2, 0) is 7.05 Å². The highest BCUT2D eigenvalue weighted by molar-refractivity contribution is 6.07. The number of carbonyl (C=O) groups excluding carboxylic acids is 1. The number of rotatable bonds is 6. The fourth-order valence-corrected chi connectivity index (χ4v) is 7.14. The van der Waals surface area contributed by atoms with Crippen molar-refractivity contribution in [3.05, 3.63) is 60.6 Å². The third-order valence-electron chi connectivity index (χ3n) is 9.57. The van der Waals surface area contributed by atoms with E-state index < -0.39 is 0 Å². The summed E-state index contributed by atoms with van der Waals surface area (Å²) in [5, 5.41) is 9.85. The molecule has 0 bridgehead atoms. The third-order valence-corrected chi connectivity index (χ3v) is 9.57. The molecule has 1 aliphatic heterocycles. The summed E-state index contributed by atoms with van der Waals surface area (Å²) in [7, 11) is 5.61. The second-order valence-corrected chi connectivity index (χ2v) is 12.3. The maximum absolute atomic E-state index is 13.3. The van der Waals surface area contributed by atoms with Crippen molar-refractivity contribution in [2.75, 3.05) is 44.8 Å². The SMILES string of the molecule is COc1cc(-c2nn(C3CCC(N4CCN(C)CC4N)CC3)c3ncnc(N)c23)ccc1NC(=O)c1cc2ccccc2n1C. The molecule has 1 atom stereocenters. The van der Waals surface area contributed by atoms with E-state index in [4.69, 9.17) is 21.3 Å². The maximum atomic E-state index is 13.3. The molecule has 234 valence electrons. The first kappa shape index (κ1) is 29.2. The standard InChI is InChI=1S/C33H40N10O2/c1-40-14-15-42(28(34)18-40)22-9-11-23(12-10-22)43-32-29(31(35)36-19-37-32)30(39-43)21-8-13-24(27(17-21)45-3)38-33(44)26-16-20-6-4-5-7-25(20)41(26)2/h4-8,13,16-17,19,22-23,28H,9-12,14-15,18,34H2,1-3H3,(H,38,44)(H2,35,36,37). The number of anilines is 2. The molecule has 5 N–H and O–H groups in total. The van der Waals surface area contributed by atoms with Gasteiger partial charge in [0.15, 0.2) is 5.65 Å². The average Bonchev–Trinajstić information content (AvgIpc) is 3.61. The minimum atomic E-state index is -0.222. The number of aromatic nitrogens is 5. The molecule has 2 aliphatic rings. The number of piperazine rings is 1. The van der Waals surface area contributed by atoms with Crippen molar-refractivity contribution < 1.29 is 9.53 Å². The molecule has 0 radical (unpaired) electrons. The number of amides is 1. The molecule has 1 amide bonds. The Kier molecular flexibility index (Phi) is 7.64. The first-order valence-electron chi connectivity index (χ1n) is 15.5. The molecular weight excluding hydrogens is 568 g/mol. The van der Waals surface area contributed by atoms with Gasteiger partial charge in [-0.05, 0) is 57.0 Å². The number of likely N-dealkylation sites (N-methyl/N-ethyl adjacent to an activating group) is 1. The molecule has 45 heavy (non-hydrogen) atoms. The summed E-state index contributed by atoms with van der Waals surface area (Å²) in [5.74, 6) is 0.674. The lowest BCUT2D eigenvalue weighted by atomic mass is 9.89. The Morgan fingerprint density at radius 1 is 1.00 bits per heavy atom. The van der Waals surface area contributed by atoms with Crippen LogP contribution in [0.4, 0.5) is 11.5 Å². The van der Waals surface area contributed by atoms with Gasteiger partial charge in [-0.2, -0.15) is 5.10 Å². The highest BCUT2D eigenvalue weighted by Gasteiger charge is 2.33. The molecule has 2 aromatic carbocycles. The molecule has 4 heterocycles. The van der Waals surface area contributed by atoms with Gasteiger partial charge in [0.1, 0.15) is 29.3 Å². The zero-order chi connectivity index (χ0) is 31.2. The van der Waals surface area contributed by atoms with Crippen molar-refractivity contribution in [3.63, 3.8) is 0 Å². The van der Waals surface area contributed by atoms with Crippen LogP contribution in [0.2, 0.25) is 0 Å². The molecule has 5 aromatic rings. The zero-order valence-electron chi connectivity index (χ0n) is 26.0.